The third kappa shape index (κ3) is 5.69. The third-order valence-corrected chi connectivity index (χ3v) is 9.53. The first-order valence-electron chi connectivity index (χ1n) is 13.7. The predicted octanol–water partition coefficient (Wildman–Crippen LogP) is 6.52. The number of amides is 1. The first kappa shape index (κ1) is 27.7. The molecule has 0 aliphatic carbocycles. The van der Waals surface area contributed by atoms with Crippen molar-refractivity contribution in [3.63, 3.8) is 0 Å². The maximum Gasteiger partial charge on any atom is 0.267 e. The molecule has 6 rings (SSSR count). The van der Waals surface area contributed by atoms with Crippen molar-refractivity contribution >= 4 is 63.3 Å². The van der Waals surface area contributed by atoms with Crippen molar-refractivity contribution < 1.29 is 4.79 Å². The second kappa shape index (κ2) is 11.8. The van der Waals surface area contributed by atoms with Gasteiger partial charge in [0, 0.05) is 24.3 Å². The second-order valence-corrected chi connectivity index (χ2v) is 12.6. The van der Waals surface area contributed by atoms with Crippen LogP contribution in [-0.4, -0.2) is 37.6 Å². The molecule has 2 aromatic carbocycles. The van der Waals surface area contributed by atoms with Gasteiger partial charge in [0.15, 0.2) is 0 Å². The monoisotopic (exact) mass is 600 g/mol. The molecule has 2 aliphatic heterocycles. The quantitative estimate of drug-likeness (QED) is 0.186. The van der Waals surface area contributed by atoms with Crippen LogP contribution in [0.3, 0.4) is 0 Å². The van der Waals surface area contributed by atoms with Crippen molar-refractivity contribution in [2.45, 2.75) is 32.7 Å². The first-order valence-corrected chi connectivity index (χ1v) is 15.3. The summed E-state index contributed by atoms with van der Waals surface area (Å²) in [5, 5.41) is 0.579. The fourth-order valence-electron chi connectivity index (χ4n) is 5.53. The largest absolute Gasteiger partial charge is 0.356 e. The zero-order valence-electron chi connectivity index (χ0n) is 22.6. The van der Waals surface area contributed by atoms with Gasteiger partial charge in [-0.2, -0.15) is 0 Å². The van der Waals surface area contributed by atoms with E-state index in [2.05, 4.69) is 29.2 Å². The summed E-state index contributed by atoms with van der Waals surface area (Å²) >= 11 is 13.1. The van der Waals surface area contributed by atoms with Gasteiger partial charge in [-0.05, 0) is 67.0 Å². The Hall–Kier alpha value is -3.46. The summed E-state index contributed by atoms with van der Waals surface area (Å²) in [6.07, 6.45) is 6.46. The standard InChI is InChI=1S/C32H29ClN4O2S2/c1-21-8-7-15-36-28(21)34-29(35-16-13-23(14-17-35)18-22-9-3-2-4-10-22)25(30(36)38)19-27-31(39)37(32(40)41-27)20-24-11-5-6-12-26(24)33/h2-12,15,19,23H,13-14,16-18,20H2,1H3/b27-19+. The predicted molar refractivity (Wildman–Crippen MR) is 171 cm³/mol. The van der Waals surface area contributed by atoms with Gasteiger partial charge < -0.3 is 4.90 Å². The number of carbonyl (C=O) groups excluding carboxylic acids is 1. The number of hydrogen-bond donors (Lipinski definition) is 0. The molecular formula is C32H29ClN4O2S2. The minimum absolute atomic E-state index is 0.198. The normalized spacial score (nSPS) is 17.3. The van der Waals surface area contributed by atoms with Crippen LogP contribution in [0.1, 0.15) is 35.1 Å². The summed E-state index contributed by atoms with van der Waals surface area (Å²) < 4.78 is 2.01. The number of nitrogens with zero attached hydrogens (tertiary/aromatic N) is 4. The average Bonchev–Trinajstić information content (AvgIpc) is 3.24. The molecule has 2 aromatic heterocycles. The Morgan fingerprint density at radius 1 is 1.02 bits per heavy atom. The van der Waals surface area contributed by atoms with Crippen molar-refractivity contribution in [2.75, 3.05) is 18.0 Å². The van der Waals surface area contributed by atoms with E-state index in [4.69, 9.17) is 28.8 Å². The van der Waals surface area contributed by atoms with E-state index in [0.29, 0.717) is 37.2 Å². The smallest absolute Gasteiger partial charge is 0.267 e. The van der Waals surface area contributed by atoms with Crippen LogP contribution in [0, 0.1) is 12.8 Å². The van der Waals surface area contributed by atoms with E-state index >= 15 is 0 Å². The maximum absolute atomic E-state index is 13.9. The average molecular weight is 601 g/mol. The van der Waals surface area contributed by atoms with Gasteiger partial charge in [0.25, 0.3) is 11.5 Å². The highest BCUT2D eigenvalue weighted by molar-refractivity contribution is 8.26. The van der Waals surface area contributed by atoms with Gasteiger partial charge in [0.1, 0.15) is 15.8 Å². The van der Waals surface area contributed by atoms with Crippen LogP contribution in [0.2, 0.25) is 5.02 Å². The molecule has 4 heterocycles. The SMILES string of the molecule is Cc1cccn2c(=O)c(/C=C3/SC(=S)N(Cc4ccccc4Cl)C3=O)c(N3CCC(Cc4ccccc4)CC3)nc12. The Morgan fingerprint density at radius 2 is 1.76 bits per heavy atom. The van der Waals surface area contributed by atoms with Gasteiger partial charge in [0.05, 0.1) is 17.0 Å². The van der Waals surface area contributed by atoms with Crippen molar-refractivity contribution in [3.05, 3.63) is 115 Å². The van der Waals surface area contributed by atoms with Crippen LogP contribution in [0.5, 0.6) is 0 Å². The second-order valence-electron chi connectivity index (χ2n) is 10.5. The Balaban J connectivity index is 1.33. The van der Waals surface area contributed by atoms with E-state index in [1.807, 2.05) is 43.3 Å². The Kier molecular flexibility index (Phi) is 7.97. The Labute approximate surface area is 253 Å². The lowest BCUT2D eigenvalue weighted by atomic mass is 9.90. The van der Waals surface area contributed by atoms with Crippen LogP contribution in [0.25, 0.3) is 11.7 Å². The highest BCUT2D eigenvalue weighted by Gasteiger charge is 2.34. The van der Waals surface area contributed by atoms with Crippen molar-refractivity contribution in [1.82, 2.24) is 14.3 Å². The van der Waals surface area contributed by atoms with Gasteiger partial charge in [-0.1, -0.05) is 90.2 Å². The number of fused-ring (bicyclic) bond motifs is 1. The van der Waals surface area contributed by atoms with Crippen LogP contribution < -0.4 is 10.5 Å². The third-order valence-electron chi connectivity index (χ3n) is 7.78. The van der Waals surface area contributed by atoms with E-state index in [0.717, 1.165) is 43.5 Å². The molecule has 6 nitrogen and oxygen atoms in total. The van der Waals surface area contributed by atoms with E-state index in [1.165, 1.54) is 22.2 Å². The lowest BCUT2D eigenvalue weighted by Gasteiger charge is -2.33. The lowest BCUT2D eigenvalue weighted by molar-refractivity contribution is -0.122. The zero-order chi connectivity index (χ0) is 28.5. The van der Waals surface area contributed by atoms with Gasteiger partial charge in [-0.3, -0.25) is 18.9 Å². The lowest BCUT2D eigenvalue weighted by Crippen LogP contribution is -2.37. The molecule has 41 heavy (non-hydrogen) atoms. The minimum atomic E-state index is -0.235. The number of rotatable bonds is 6. The summed E-state index contributed by atoms with van der Waals surface area (Å²) in [5.74, 6) is 0.960. The van der Waals surface area contributed by atoms with Crippen LogP contribution in [0.15, 0.2) is 82.6 Å². The number of piperidine rings is 1. The molecule has 0 radical (unpaired) electrons. The van der Waals surface area contributed by atoms with Gasteiger partial charge >= 0.3 is 0 Å². The van der Waals surface area contributed by atoms with Crippen LogP contribution >= 0.6 is 35.6 Å². The van der Waals surface area contributed by atoms with Crippen molar-refractivity contribution in [3.8, 4) is 0 Å². The number of aromatic nitrogens is 2. The number of anilines is 1. The Bertz CT molecular complexity index is 1730. The summed E-state index contributed by atoms with van der Waals surface area (Å²) in [6, 6.07) is 21.8. The molecule has 4 aromatic rings. The number of carbonyl (C=O) groups is 1. The summed E-state index contributed by atoms with van der Waals surface area (Å²) in [7, 11) is 0. The molecule has 2 fully saturated rings. The zero-order valence-corrected chi connectivity index (χ0v) is 25.0. The van der Waals surface area contributed by atoms with E-state index < -0.39 is 0 Å². The minimum Gasteiger partial charge on any atom is -0.356 e. The number of aryl methyl sites for hydroxylation is 1. The van der Waals surface area contributed by atoms with Crippen LogP contribution in [0.4, 0.5) is 5.82 Å². The number of halogens is 1. The molecule has 2 aliphatic rings. The molecular weight excluding hydrogens is 572 g/mol. The Morgan fingerprint density at radius 3 is 2.51 bits per heavy atom. The fourth-order valence-corrected chi connectivity index (χ4v) is 6.96. The fraction of sp³-hybridized carbons (Fsp3) is 0.250. The molecule has 1 amide bonds. The number of benzene rings is 2. The van der Waals surface area contributed by atoms with Gasteiger partial charge in [-0.15, -0.1) is 0 Å². The molecule has 9 heteroatoms. The van der Waals surface area contributed by atoms with Gasteiger partial charge in [0.2, 0.25) is 0 Å². The van der Waals surface area contributed by atoms with E-state index in [9.17, 15) is 9.59 Å². The van der Waals surface area contributed by atoms with E-state index in [1.54, 1.807) is 22.7 Å². The topological polar surface area (TPSA) is 57.9 Å². The molecule has 0 saturated carbocycles. The molecule has 0 bridgehead atoms. The molecule has 2 saturated heterocycles. The number of thioether (sulfide) groups is 1. The van der Waals surface area contributed by atoms with E-state index in [-0.39, 0.29) is 18.0 Å². The molecule has 0 N–H and O–H groups in total. The molecule has 0 unspecified atom stereocenters. The summed E-state index contributed by atoms with van der Waals surface area (Å²) in [6.45, 7) is 3.81. The van der Waals surface area contributed by atoms with Crippen LogP contribution in [-0.2, 0) is 17.8 Å². The number of pyridine rings is 1. The highest BCUT2D eigenvalue weighted by Crippen LogP contribution is 2.36. The molecule has 0 spiro atoms. The van der Waals surface area contributed by atoms with Gasteiger partial charge in [-0.25, -0.2) is 4.98 Å². The maximum atomic E-state index is 13.9. The van der Waals surface area contributed by atoms with Crippen molar-refractivity contribution in [2.24, 2.45) is 5.92 Å². The molecule has 0 atom stereocenters. The van der Waals surface area contributed by atoms with Crippen molar-refractivity contribution in [1.29, 1.82) is 0 Å². The first-order chi connectivity index (χ1) is 19.9. The number of thiocarbonyl (C=S) groups is 1. The number of hydrogen-bond acceptors (Lipinski definition) is 6. The summed E-state index contributed by atoms with van der Waals surface area (Å²) in [5.41, 5.74) is 3.92. The molecule has 208 valence electrons. The highest BCUT2D eigenvalue weighted by atomic mass is 35.5. The summed E-state index contributed by atoms with van der Waals surface area (Å²) in [4.78, 5) is 36.6.